The zero-order valence-corrected chi connectivity index (χ0v) is 14.7. The van der Waals surface area contributed by atoms with Gasteiger partial charge in [-0.25, -0.2) is 0 Å². The van der Waals surface area contributed by atoms with E-state index in [0.717, 1.165) is 19.6 Å². The van der Waals surface area contributed by atoms with Crippen LogP contribution in [0.3, 0.4) is 0 Å². The van der Waals surface area contributed by atoms with E-state index in [1.54, 1.807) is 0 Å². The highest BCUT2D eigenvalue weighted by Crippen LogP contribution is 2.21. The van der Waals surface area contributed by atoms with Crippen molar-refractivity contribution >= 4 is 11.3 Å². The molecule has 2 rings (SSSR count). The van der Waals surface area contributed by atoms with Crippen molar-refractivity contribution < 1.29 is 0 Å². The van der Waals surface area contributed by atoms with Crippen LogP contribution in [0.4, 0.5) is 0 Å². The second-order valence-corrected chi connectivity index (χ2v) is 7.45. The molecular weight excluding hydrogens is 278 g/mol. The molecule has 21 heavy (non-hydrogen) atoms. The number of hydrogen-bond acceptors (Lipinski definition) is 4. The number of nitrogens with zero attached hydrogens (tertiary/aromatic N) is 2. The first-order chi connectivity index (χ1) is 10.2. The summed E-state index contributed by atoms with van der Waals surface area (Å²) in [4.78, 5) is 8.17. The summed E-state index contributed by atoms with van der Waals surface area (Å²) in [5.41, 5.74) is 0. The molecule has 0 radical (unpaired) electrons. The summed E-state index contributed by atoms with van der Waals surface area (Å²) in [6, 6.07) is 5.34. The van der Waals surface area contributed by atoms with Crippen molar-refractivity contribution in [3.05, 3.63) is 21.9 Å². The fourth-order valence-electron chi connectivity index (χ4n) is 3.08. The van der Waals surface area contributed by atoms with Crippen molar-refractivity contribution in [3.8, 4) is 0 Å². The average Bonchev–Trinajstić information content (AvgIpc) is 2.83. The fourth-order valence-corrected chi connectivity index (χ4v) is 4.09. The lowest BCUT2D eigenvalue weighted by atomic mass is 10.2. The van der Waals surface area contributed by atoms with Crippen molar-refractivity contribution in [2.75, 3.05) is 33.2 Å². The van der Waals surface area contributed by atoms with Crippen molar-refractivity contribution in [2.24, 2.45) is 0 Å². The van der Waals surface area contributed by atoms with Gasteiger partial charge in [-0.05, 0) is 51.5 Å². The molecule has 3 nitrogen and oxygen atoms in total. The van der Waals surface area contributed by atoms with E-state index in [2.05, 4.69) is 48.1 Å². The first kappa shape index (κ1) is 16.9. The Balaban J connectivity index is 1.90. The highest BCUT2D eigenvalue weighted by Gasteiger charge is 2.22. The molecule has 1 saturated heterocycles. The lowest BCUT2D eigenvalue weighted by Gasteiger charge is -2.29. The molecule has 1 aromatic rings. The predicted molar refractivity (Wildman–Crippen MR) is 92.9 cm³/mol. The van der Waals surface area contributed by atoms with Crippen LogP contribution < -0.4 is 5.32 Å². The summed E-state index contributed by atoms with van der Waals surface area (Å²) in [7, 11) is 2.26. The third-order valence-corrected chi connectivity index (χ3v) is 5.37. The lowest BCUT2D eigenvalue weighted by Crippen LogP contribution is -2.39. The Morgan fingerprint density at radius 1 is 1.24 bits per heavy atom. The predicted octanol–water partition coefficient (Wildman–Crippen LogP) is 3.16. The number of likely N-dealkylation sites (N-methyl/N-ethyl adjacent to an activating group) is 1. The van der Waals surface area contributed by atoms with Crippen LogP contribution in [0.1, 0.15) is 42.9 Å². The average molecular weight is 310 g/mol. The summed E-state index contributed by atoms with van der Waals surface area (Å²) in [5, 5.41) is 3.49. The topological polar surface area (TPSA) is 18.5 Å². The van der Waals surface area contributed by atoms with Gasteiger partial charge in [0.1, 0.15) is 0 Å². The molecule has 120 valence electrons. The van der Waals surface area contributed by atoms with Crippen LogP contribution in [0.2, 0.25) is 0 Å². The molecule has 4 heteroatoms. The fraction of sp³-hybridized carbons (Fsp3) is 0.765. The van der Waals surface area contributed by atoms with Crippen molar-refractivity contribution in [2.45, 2.75) is 52.2 Å². The zero-order valence-electron chi connectivity index (χ0n) is 13.9. The molecule has 1 unspecified atom stereocenters. The second kappa shape index (κ2) is 8.89. The van der Waals surface area contributed by atoms with Crippen LogP contribution >= 0.6 is 11.3 Å². The number of hydrogen-bond donors (Lipinski definition) is 1. The molecule has 0 bridgehead atoms. The largest absolute Gasteiger partial charge is 0.312 e. The Kier molecular flexibility index (Phi) is 7.17. The van der Waals surface area contributed by atoms with E-state index >= 15 is 0 Å². The zero-order chi connectivity index (χ0) is 15.1. The minimum atomic E-state index is 0.710. The molecule has 1 fully saturated rings. The Hall–Kier alpha value is -0.420. The summed E-state index contributed by atoms with van der Waals surface area (Å²) in [6.07, 6.45) is 3.75. The van der Waals surface area contributed by atoms with E-state index in [1.165, 1.54) is 48.7 Å². The molecule has 1 aromatic heterocycles. The molecule has 1 N–H and O–H groups in total. The standard InChI is InChI=1S/C17H31N3S/c1-4-9-18-12-16-7-8-17(21-16)14-20-11-6-10-19(3)13-15(20)5-2/h7-8,15,18H,4-6,9-14H2,1-3H3. The third-order valence-electron chi connectivity index (χ3n) is 4.30. The summed E-state index contributed by atoms with van der Waals surface area (Å²) in [5.74, 6) is 0. The van der Waals surface area contributed by atoms with Gasteiger partial charge in [-0.3, -0.25) is 4.90 Å². The second-order valence-electron chi connectivity index (χ2n) is 6.19. The van der Waals surface area contributed by atoms with E-state index in [1.807, 2.05) is 11.3 Å². The normalized spacial score (nSPS) is 21.6. The quantitative estimate of drug-likeness (QED) is 0.781. The van der Waals surface area contributed by atoms with Crippen molar-refractivity contribution in [3.63, 3.8) is 0 Å². The van der Waals surface area contributed by atoms with Crippen molar-refractivity contribution in [1.82, 2.24) is 15.1 Å². The highest BCUT2D eigenvalue weighted by molar-refractivity contribution is 7.11. The molecule has 0 aromatic carbocycles. The Labute approximate surface area is 134 Å². The first-order valence-electron chi connectivity index (χ1n) is 8.43. The van der Waals surface area contributed by atoms with Gasteiger partial charge in [-0.2, -0.15) is 0 Å². The van der Waals surface area contributed by atoms with Crippen LogP contribution in [0.15, 0.2) is 12.1 Å². The molecular formula is C17H31N3S. The number of nitrogens with one attached hydrogen (secondary N) is 1. The maximum absolute atomic E-state index is 3.49. The summed E-state index contributed by atoms with van der Waals surface area (Å²) < 4.78 is 0. The Bertz CT molecular complexity index is 404. The SMILES string of the molecule is CCCNCc1ccc(CN2CCCN(C)CC2CC)s1. The summed E-state index contributed by atoms with van der Waals surface area (Å²) >= 11 is 1.98. The van der Waals surface area contributed by atoms with Gasteiger partial charge in [0.05, 0.1) is 0 Å². The minimum absolute atomic E-state index is 0.710. The molecule has 2 heterocycles. The Morgan fingerprint density at radius 2 is 2.05 bits per heavy atom. The van der Waals surface area contributed by atoms with Gasteiger partial charge in [0.2, 0.25) is 0 Å². The van der Waals surface area contributed by atoms with Crippen molar-refractivity contribution in [1.29, 1.82) is 0 Å². The van der Waals surface area contributed by atoms with Gasteiger partial charge in [0.15, 0.2) is 0 Å². The lowest BCUT2D eigenvalue weighted by molar-refractivity contribution is 0.177. The van der Waals surface area contributed by atoms with E-state index in [9.17, 15) is 0 Å². The monoisotopic (exact) mass is 309 g/mol. The van der Waals surface area contributed by atoms with Crippen LogP contribution in [0.25, 0.3) is 0 Å². The van der Waals surface area contributed by atoms with Crippen LogP contribution in [0.5, 0.6) is 0 Å². The van der Waals surface area contributed by atoms with E-state index in [-0.39, 0.29) is 0 Å². The third kappa shape index (κ3) is 5.37. The van der Waals surface area contributed by atoms with Crippen LogP contribution in [-0.2, 0) is 13.1 Å². The molecule has 0 aliphatic carbocycles. The van der Waals surface area contributed by atoms with Gasteiger partial charge in [-0.1, -0.05) is 13.8 Å². The molecule has 0 amide bonds. The highest BCUT2D eigenvalue weighted by atomic mass is 32.1. The first-order valence-corrected chi connectivity index (χ1v) is 9.25. The minimum Gasteiger partial charge on any atom is -0.312 e. The summed E-state index contributed by atoms with van der Waals surface area (Å²) in [6.45, 7) is 11.5. The number of rotatable bonds is 7. The van der Waals surface area contributed by atoms with E-state index in [4.69, 9.17) is 0 Å². The van der Waals surface area contributed by atoms with Crippen LogP contribution in [0, 0.1) is 0 Å². The van der Waals surface area contributed by atoms with Gasteiger partial charge < -0.3 is 10.2 Å². The maximum atomic E-state index is 3.49. The van der Waals surface area contributed by atoms with Gasteiger partial charge in [0.25, 0.3) is 0 Å². The smallest absolute Gasteiger partial charge is 0.0331 e. The van der Waals surface area contributed by atoms with Crippen LogP contribution in [-0.4, -0.2) is 49.1 Å². The Morgan fingerprint density at radius 3 is 2.81 bits per heavy atom. The maximum Gasteiger partial charge on any atom is 0.0331 e. The van der Waals surface area contributed by atoms with E-state index < -0.39 is 0 Å². The van der Waals surface area contributed by atoms with Gasteiger partial charge in [0, 0.05) is 42.0 Å². The van der Waals surface area contributed by atoms with Gasteiger partial charge >= 0.3 is 0 Å². The molecule has 1 atom stereocenters. The molecule has 0 spiro atoms. The van der Waals surface area contributed by atoms with E-state index in [0.29, 0.717) is 6.04 Å². The number of thiophene rings is 1. The molecule has 1 aliphatic rings. The molecule has 1 aliphatic heterocycles. The van der Waals surface area contributed by atoms with Gasteiger partial charge in [-0.15, -0.1) is 11.3 Å². The molecule has 0 saturated carbocycles.